The lowest BCUT2D eigenvalue weighted by Gasteiger charge is -2.00. The lowest BCUT2D eigenvalue weighted by molar-refractivity contribution is -0.737. The molecule has 0 fully saturated rings. The molecular formula is C11H16NO+. The van der Waals surface area contributed by atoms with Crippen molar-refractivity contribution < 1.29 is 9.30 Å². The molecule has 2 nitrogen and oxygen atoms in total. The minimum atomic E-state index is 0.615. The van der Waals surface area contributed by atoms with Crippen LogP contribution in [0.1, 0.15) is 18.2 Å². The summed E-state index contributed by atoms with van der Waals surface area (Å²) in [6.45, 7) is 9.14. The highest BCUT2D eigenvalue weighted by Gasteiger charge is 2.05. The average molecular weight is 178 g/mol. The second-order valence-corrected chi connectivity index (χ2v) is 2.90. The Hall–Kier alpha value is -1.15. The molecule has 0 spiro atoms. The molecule has 0 aliphatic rings. The molecule has 0 amide bonds. The van der Waals surface area contributed by atoms with Gasteiger partial charge in [-0.25, -0.2) is 0 Å². The standard InChI is InChI=1S/C11H16NO/c1-4-11-7-6-10(3)12(8-11)9-13-5-2/h4,6-8H,1,5,9H2,2-3H3/q+1. The fourth-order valence-electron chi connectivity index (χ4n) is 1.09. The van der Waals surface area contributed by atoms with E-state index in [-0.39, 0.29) is 0 Å². The van der Waals surface area contributed by atoms with Crippen LogP contribution in [0.25, 0.3) is 6.08 Å². The van der Waals surface area contributed by atoms with Crippen molar-refractivity contribution in [2.75, 3.05) is 6.61 Å². The fourth-order valence-corrected chi connectivity index (χ4v) is 1.09. The first-order valence-electron chi connectivity index (χ1n) is 4.48. The maximum Gasteiger partial charge on any atom is 0.252 e. The van der Waals surface area contributed by atoms with Crippen molar-refractivity contribution in [1.82, 2.24) is 0 Å². The largest absolute Gasteiger partial charge is 0.324 e. The van der Waals surface area contributed by atoms with Gasteiger partial charge in [0.05, 0.1) is 6.61 Å². The smallest absolute Gasteiger partial charge is 0.252 e. The number of nitrogens with zero attached hydrogens (tertiary/aromatic N) is 1. The van der Waals surface area contributed by atoms with E-state index in [4.69, 9.17) is 4.74 Å². The highest BCUT2D eigenvalue weighted by molar-refractivity contribution is 5.43. The Kier molecular flexibility index (Phi) is 3.65. The van der Waals surface area contributed by atoms with Crippen LogP contribution in [0.15, 0.2) is 24.9 Å². The minimum Gasteiger partial charge on any atom is -0.324 e. The molecule has 0 N–H and O–H groups in total. The maximum absolute atomic E-state index is 5.33. The van der Waals surface area contributed by atoms with E-state index in [1.165, 1.54) is 5.69 Å². The quantitative estimate of drug-likeness (QED) is 0.642. The molecule has 1 heterocycles. The Bertz CT molecular complexity index is 294. The molecule has 0 unspecified atom stereocenters. The summed E-state index contributed by atoms with van der Waals surface area (Å²) in [5.41, 5.74) is 2.31. The van der Waals surface area contributed by atoms with Gasteiger partial charge < -0.3 is 4.74 Å². The summed E-state index contributed by atoms with van der Waals surface area (Å²) >= 11 is 0. The van der Waals surface area contributed by atoms with Gasteiger partial charge in [-0.15, -0.1) is 0 Å². The first-order chi connectivity index (χ1) is 6.27. The lowest BCUT2D eigenvalue weighted by atomic mass is 10.2. The van der Waals surface area contributed by atoms with E-state index in [2.05, 4.69) is 24.1 Å². The van der Waals surface area contributed by atoms with Crippen molar-refractivity contribution >= 4 is 6.08 Å². The maximum atomic E-state index is 5.33. The number of hydrogen-bond donors (Lipinski definition) is 0. The van der Waals surface area contributed by atoms with Crippen LogP contribution in [0, 0.1) is 6.92 Å². The van der Waals surface area contributed by atoms with E-state index < -0.39 is 0 Å². The Morgan fingerprint density at radius 2 is 2.31 bits per heavy atom. The van der Waals surface area contributed by atoms with Gasteiger partial charge in [0.25, 0.3) is 6.73 Å². The Balaban J connectivity index is 2.83. The van der Waals surface area contributed by atoms with E-state index >= 15 is 0 Å². The van der Waals surface area contributed by atoms with Crippen LogP contribution in [-0.2, 0) is 11.5 Å². The van der Waals surface area contributed by atoms with Crippen LogP contribution >= 0.6 is 0 Å². The van der Waals surface area contributed by atoms with Crippen molar-refractivity contribution in [2.24, 2.45) is 0 Å². The number of hydrogen-bond acceptors (Lipinski definition) is 1. The van der Waals surface area contributed by atoms with Crippen LogP contribution in [-0.4, -0.2) is 6.61 Å². The van der Waals surface area contributed by atoms with Crippen LogP contribution in [0.4, 0.5) is 0 Å². The number of aromatic nitrogens is 1. The first kappa shape index (κ1) is 9.93. The van der Waals surface area contributed by atoms with Crippen molar-refractivity contribution in [3.8, 4) is 0 Å². The monoisotopic (exact) mass is 178 g/mol. The van der Waals surface area contributed by atoms with Gasteiger partial charge in [-0.05, 0) is 13.0 Å². The molecule has 13 heavy (non-hydrogen) atoms. The number of pyridine rings is 1. The zero-order valence-corrected chi connectivity index (χ0v) is 8.29. The normalized spacial score (nSPS) is 10.0. The van der Waals surface area contributed by atoms with Gasteiger partial charge in [-0.3, -0.25) is 0 Å². The van der Waals surface area contributed by atoms with Gasteiger partial charge in [0.2, 0.25) is 0 Å². The average Bonchev–Trinajstić information content (AvgIpc) is 2.17. The number of ether oxygens (including phenoxy) is 1. The third-order valence-corrected chi connectivity index (χ3v) is 1.95. The van der Waals surface area contributed by atoms with E-state index in [9.17, 15) is 0 Å². The highest BCUT2D eigenvalue weighted by Crippen LogP contribution is 1.98. The van der Waals surface area contributed by atoms with Gasteiger partial charge in [0.1, 0.15) is 0 Å². The van der Waals surface area contributed by atoms with Crippen molar-refractivity contribution in [3.63, 3.8) is 0 Å². The summed E-state index contributed by atoms with van der Waals surface area (Å²) in [4.78, 5) is 0. The SMILES string of the molecule is C=Cc1ccc(C)[n+](COCC)c1. The molecule has 0 atom stereocenters. The van der Waals surface area contributed by atoms with E-state index in [0.717, 1.165) is 12.2 Å². The third kappa shape index (κ3) is 2.67. The molecule has 70 valence electrons. The summed E-state index contributed by atoms with van der Waals surface area (Å²) < 4.78 is 7.40. The zero-order chi connectivity index (χ0) is 9.68. The van der Waals surface area contributed by atoms with Crippen LogP contribution in [0.3, 0.4) is 0 Å². The molecule has 0 aliphatic carbocycles. The van der Waals surface area contributed by atoms with Crippen LogP contribution in [0.2, 0.25) is 0 Å². The summed E-state index contributed by atoms with van der Waals surface area (Å²) in [6.07, 6.45) is 3.87. The van der Waals surface area contributed by atoms with E-state index in [1.807, 2.05) is 25.3 Å². The molecule has 0 bridgehead atoms. The molecule has 0 radical (unpaired) electrons. The molecule has 0 aromatic carbocycles. The molecule has 1 rings (SSSR count). The van der Waals surface area contributed by atoms with Crippen LogP contribution < -0.4 is 4.57 Å². The van der Waals surface area contributed by atoms with Gasteiger partial charge in [-0.1, -0.05) is 12.7 Å². The van der Waals surface area contributed by atoms with Crippen molar-refractivity contribution in [3.05, 3.63) is 36.2 Å². The molecule has 1 aromatic heterocycles. The van der Waals surface area contributed by atoms with Gasteiger partial charge in [0, 0.05) is 18.6 Å². The zero-order valence-electron chi connectivity index (χ0n) is 8.29. The molecule has 0 saturated carbocycles. The summed E-state index contributed by atoms with van der Waals surface area (Å²) in [6, 6.07) is 4.11. The Morgan fingerprint density at radius 1 is 1.54 bits per heavy atom. The highest BCUT2D eigenvalue weighted by atomic mass is 16.5. The molecule has 0 saturated heterocycles. The lowest BCUT2D eigenvalue weighted by Crippen LogP contribution is -2.38. The molecule has 1 aromatic rings. The van der Waals surface area contributed by atoms with E-state index in [0.29, 0.717) is 6.73 Å². The van der Waals surface area contributed by atoms with Crippen LogP contribution in [0.5, 0.6) is 0 Å². The second-order valence-electron chi connectivity index (χ2n) is 2.90. The van der Waals surface area contributed by atoms with Crippen molar-refractivity contribution in [1.29, 1.82) is 0 Å². The fraction of sp³-hybridized carbons (Fsp3) is 0.364. The second kappa shape index (κ2) is 4.77. The van der Waals surface area contributed by atoms with Crippen molar-refractivity contribution in [2.45, 2.75) is 20.6 Å². The van der Waals surface area contributed by atoms with Gasteiger partial charge in [-0.2, -0.15) is 4.57 Å². The topological polar surface area (TPSA) is 13.1 Å². The molecule has 0 aliphatic heterocycles. The predicted molar refractivity (Wildman–Crippen MR) is 53.1 cm³/mol. The van der Waals surface area contributed by atoms with E-state index in [1.54, 1.807) is 0 Å². The Morgan fingerprint density at radius 3 is 2.92 bits per heavy atom. The number of aryl methyl sites for hydroxylation is 1. The van der Waals surface area contributed by atoms with Gasteiger partial charge >= 0.3 is 0 Å². The van der Waals surface area contributed by atoms with Gasteiger partial charge in [0.15, 0.2) is 11.9 Å². The minimum absolute atomic E-state index is 0.615. The molecular weight excluding hydrogens is 162 g/mol. The predicted octanol–water partition coefficient (Wildman–Crippen LogP) is 1.92. The third-order valence-electron chi connectivity index (χ3n) is 1.95. The summed E-state index contributed by atoms with van der Waals surface area (Å²) in [7, 11) is 0. The first-order valence-corrected chi connectivity index (χ1v) is 4.48. The Labute approximate surface area is 79.5 Å². The summed E-state index contributed by atoms with van der Waals surface area (Å²) in [5, 5.41) is 0. The summed E-state index contributed by atoms with van der Waals surface area (Å²) in [5.74, 6) is 0. The molecule has 2 heteroatoms. The number of rotatable bonds is 4.